The van der Waals surface area contributed by atoms with Crippen molar-refractivity contribution in [3.05, 3.63) is 35.1 Å². The van der Waals surface area contributed by atoms with Crippen LogP contribution in [0.1, 0.15) is 61.4 Å². The third kappa shape index (κ3) is 3.09. The Bertz CT molecular complexity index is 474. The molecule has 0 bridgehead atoms. The van der Waals surface area contributed by atoms with E-state index in [4.69, 9.17) is 4.74 Å². The van der Waals surface area contributed by atoms with Crippen LogP contribution in [0.5, 0.6) is 0 Å². The predicted molar refractivity (Wildman–Crippen MR) is 77.5 cm³/mol. The zero-order chi connectivity index (χ0) is 14.6. The van der Waals surface area contributed by atoms with E-state index in [9.17, 15) is 9.18 Å². The molecular formula is C17H23FO2. The number of Topliss-reactive ketones (excluding diaryl/α,β-unsaturated/α-hetero) is 1. The highest BCUT2D eigenvalue weighted by atomic mass is 19.1. The monoisotopic (exact) mass is 278 g/mol. The van der Waals surface area contributed by atoms with Gasteiger partial charge in [0.2, 0.25) is 0 Å². The molecule has 0 atom stereocenters. The highest BCUT2D eigenvalue weighted by molar-refractivity contribution is 6.03. The van der Waals surface area contributed by atoms with Crippen LogP contribution in [0.15, 0.2) is 18.2 Å². The summed E-state index contributed by atoms with van der Waals surface area (Å²) >= 11 is 0. The van der Waals surface area contributed by atoms with Gasteiger partial charge in [-0.05, 0) is 50.5 Å². The lowest BCUT2D eigenvalue weighted by molar-refractivity contribution is -0.0292. The van der Waals surface area contributed by atoms with Crippen LogP contribution in [0.4, 0.5) is 4.39 Å². The van der Waals surface area contributed by atoms with Crippen molar-refractivity contribution in [3.63, 3.8) is 0 Å². The standard InChI is InChI=1S/C17H23FO2/c1-3-20-17(10-6-4-5-7-11-17)16(19)15-9-8-14(18)12-13(15)2/h8-9,12H,3-7,10-11H2,1-2H3. The topological polar surface area (TPSA) is 26.3 Å². The summed E-state index contributed by atoms with van der Waals surface area (Å²) in [6, 6.07) is 4.37. The first-order valence-corrected chi connectivity index (χ1v) is 7.54. The highest BCUT2D eigenvalue weighted by Crippen LogP contribution is 2.34. The molecule has 1 aliphatic carbocycles. The molecule has 0 radical (unpaired) electrons. The fraction of sp³-hybridized carbons (Fsp3) is 0.588. The molecule has 1 saturated carbocycles. The summed E-state index contributed by atoms with van der Waals surface area (Å²) in [5.41, 5.74) is 0.591. The summed E-state index contributed by atoms with van der Waals surface area (Å²) < 4.78 is 19.1. The smallest absolute Gasteiger partial charge is 0.194 e. The summed E-state index contributed by atoms with van der Waals surface area (Å²) in [5.74, 6) is -0.274. The maximum Gasteiger partial charge on any atom is 0.194 e. The molecule has 20 heavy (non-hydrogen) atoms. The van der Waals surface area contributed by atoms with Crippen molar-refractivity contribution >= 4 is 5.78 Å². The first kappa shape index (κ1) is 15.2. The van der Waals surface area contributed by atoms with Gasteiger partial charge in [0.1, 0.15) is 11.4 Å². The third-order valence-electron chi connectivity index (χ3n) is 4.18. The lowest BCUT2D eigenvalue weighted by atomic mass is 9.84. The maximum atomic E-state index is 13.2. The molecule has 0 N–H and O–H groups in total. The number of rotatable bonds is 4. The molecule has 0 aromatic heterocycles. The number of ether oxygens (including phenoxy) is 1. The van der Waals surface area contributed by atoms with Gasteiger partial charge in [-0.25, -0.2) is 4.39 Å². The molecule has 0 saturated heterocycles. The van der Waals surface area contributed by atoms with E-state index in [0.29, 0.717) is 17.7 Å². The quantitative estimate of drug-likeness (QED) is 0.601. The van der Waals surface area contributed by atoms with Gasteiger partial charge in [-0.15, -0.1) is 0 Å². The molecule has 2 nitrogen and oxygen atoms in total. The second-order valence-electron chi connectivity index (χ2n) is 5.63. The Kier molecular flexibility index (Phi) is 4.92. The van der Waals surface area contributed by atoms with E-state index in [2.05, 4.69) is 0 Å². The van der Waals surface area contributed by atoms with E-state index in [1.165, 1.54) is 12.1 Å². The van der Waals surface area contributed by atoms with Crippen molar-refractivity contribution in [1.82, 2.24) is 0 Å². The zero-order valence-electron chi connectivity index (χ0n) is 12.4. The van der Waals surface area contributed by atoms with Crippen LogP contribution in [0, 0.1) is 12.7 Å². The SMILES string of the molecule is CCOC1(C(=O)c2ccc(F)cc2C)CCCCCC1. The first-order valence-electron chi connectivity index (χ1n) is 7.54. The molecule has 0 unspecified atom stereocenters. The minimum absolute atomic E-state index is 0.0266. The Labute approximate surface area is 120 Å². The predicted octanol–water partition coefficient (Wildman–Crippen LogP) is 4.45. The van der Waals surface area contributed by atoms with Crippen LogP contribution < -0.4 is 0 Å². The average molecular weight is 278 g/mol. The number of halogens is 1. The van der Waals surface area contributed by atoms with Crippen molar-refractivity contribution in [2.75, 3.05) is 6.61 Å². The maximum absolute atomic E-state index is 13.2. The number of hydrogen-bond acceptors (Lipinski definition) is 2. The minimum atomic E-state index is -0.701. The minimum Gasteiger partial charge on any atom is -0.367 e. The number of hydrogen-bond donors (Lipinski definition) is 0. The molecule has 1 aromatic rings. The molecule has 1 aliphatic rings. The summed E-state index contributed by atoms with van der Waals surface area (Å²) in [7, 11) is 0. The Balaban J connectivity index is 2.34. The molecule has 1 aromatic carbocycles. The van der Waals surface area contributed by atoms with Crippen LogP contribution in [0.2, 0.25) is 0 Å². The summed E-state index contributed by atoms with van der Waals surface area (Å²) in [6.07, 6.45) is 5.90. The largest absolute Gasteiger partial charge is 0.367 e. The molecule has 110 valence electrons. The van der Waals surface area contributed by atoms with Gasteiger partial charge in [-0.1, -0.05) is 25.7 Å². The number of ketones is 1. The first-order chi connectivity index (χ1) is 9.59. The normalized spacial score (nSPS) is 18.6. The fourth-order valence-electron chi connectivity index (χ4n) is 3.14. The average Bonchev–Trinajstić information content (AvgIpc) is 2.65. The molecule has 3 heteroatoms. The molecule has 2 rings (SSSR count). The number of carbonyl (C=O) groups excluding carboxylic acids is 1. The number of carbonyl (C=O) groups is 1. The zero-order valence-corrected chi connectivity index (χ0v) is 12.4. The van der Waals surface area contributed by atoms with Crippen LogP contribution in [0.25, 0.3) is 0 Å². The van der Waals surface area contributed by atoms with Gasteiger partial charge in [0.15, 0.2) is 5.78 Å². The molecule has 0 heterocycles. The highest BCUT2D eigenvalue weighted by Gasteiger charge is 2.40. The second kappa shape index (κ2) is 6.49. The Morgan fingerprint density at radius 1 is 1.25 bits per heavy atom. The van der Waals surface area contributed by atoms with Gasteiger partial charge < -0.3 is 4.74 Å². The van der Waals surface area contributed by atoms with Gasteiger partial charge in [0.05, 0.1) is 0 Å². The van der Waals surface area contributed by atoms with Crippen molar-refractivity contribution < 1.29 is 13.9 Å². The second-order valence-corrected chi connectivity index (χ2v) is 5.63. The Hall–Kier alpha value is -1.22. The third-order valence-corrected chi connectivity index (χ3v) is 4.18. The van der Waals surface area contributed by atoms with Crippen LogP contribution in [-0.4, -0.2) is 18.0 Å². The van der Waals surface area contributed by atoms with Crippen molar-refractivity contribution in [2.24, 2.45) is 0 Å². The lowest BCUT2D eigenvalue weighted by Gasteiger charge is -2.31. The van der Waals surface area contributed by atoms with Crippen LogP contribution in [-0.2, 0) is 4.74 Å². The number of aryl methyl sites for hydroxylation is 1. The summed E-state index contributed by atoms with van der Waals surface area (Å²) in [6.45, 7) is 4.25. The van der Waals surface area contributed by atoms with Gasteiger partial charge in [0, 0.05) is 12.2 Å². The van der Waals surface area contributed by atoms with E-state index >= 15 is 0 Å². The van der Waals surface area contributed by atoms with E-state index in [1.807, 2.05) is 6.92 Å². The van der Waals surface area contributed by atoms with Gasteiger partial charge in [-0.3, -0.25) is 4.79 Å². The lowest BCUT2D eigenvalue weighted by Crippen LogP contribution is -2.41. The summed E-state index contributed by atoms with van der Waals surface area (Å²) in [5, 5.41) is 0. The fourth-order valence-corrected chi connectivity index (χ4v) is 3.14. The van der Waals surface area contributed by atoms with Crippen molar-refractivity contribution in [1.29, 1.82) is 0 Å². The molecule has 1 fully saturated rings. The molecular weight excluding hydrogens is 255 g/mol. The Morgan fingerprint density at radius 2 is 1.90 bits per heavy atom. The van der Waals surface area contributed by atoms with Crippen molar-refractivity contribution in [3.8, 4) is 0 Å². The van der Waals surface area contributed by atoms with Crippen molar-refractivity contribution in [2.45, 2.75) is 58.0 Å². The van der Waals surface area contributed by atoms with Gasteiger partial charge in [0.25, 0.3) is 0 Å². The Morgan fingerprint density at radius 3 is 2.45 bits per heavy atom. The molecule has 0 amide bonds. The van der Waals surface area contributed by atoms with E-state index in [1.54, 1.807) is 13.0 Å². The van der Waals surface area contributed by atoms with Gasteiger partial charge in [-0.2, -0.15) is 0 Å². The molecule has 0 aliphatic heterocycles. The number of benzene rings is 1. The van der Waals surface area contributed by atoms with Crippen LogP contribution in [0.3, 0.4) is 0 Å². The van der Waals surface area contributed by atoms with Gasteiger partial charge >= 0.3 is 0 Å². The van der Waals surface area contributed by atoms with E-state index in [-0.39, 0.29) is 11.6 Å². The van der Waals surface area contributed by atoms with E-state index in [0.717, 1.165) is 38.5 Å². The van der Waals surface area contributed by atoms with E-state index < -0.39 is 5.60 Å². The molecule has 0 spiro atoms. The summed E-state index contributed by atoms with van der Waals surface area (Å²) in [4.78, 5) is 12.9. The van der Waals surface area contributed by atoms with Crippen LogP contribution >= 0.6 is 0 Å².